The molecular formula is C53H57N7O8. The molecule has 352 valence electrons. The predicted molar refractivity (Wildman–Crippen MR) is 261 cm³/mol. The number of nitrogens with one attached hydrogen (secondary N) is 2. The van der Waals surface area contributed by atoms with Crippen LogP contribution in [-0.4, -0.2) is 92.1 Å². The van der Waals surface area contributed by atoms with E-state index < -0.39 is 59.0 Å². The summed E-state index contributed by atoms with van der Waals surface area (Å²) in [5.74, 6) is -3.92. The molecule has 0 fully saturated rings. The number of carbonyl (C=O) groups excluding carboxylic acids is 2. The number of aliphatic carboxylic acids is 2. The summed E-state index contributed by atoms with van der Waals surface area (Å²) in [4.78, 5) is 86.3. The maximum absolute atomic E-state index is 14.2. The molecule has 0 radical (unpaired) electrons. The second kappa shape index (κ2) is 24.0. The van der Waals surface area contributed by atoms with Crippen molar-refractivity contribution < 1.29 is 29.4 Å². The van der Waals surface area contributed by atoms with Crippen molar-refractivity contribution in [1.82, 2.24) is 24.7 Å². The number of amides is 2. The average Bonchev–Trinajstić information content (AvgIpc) is 3.34. The summed E-state index contributed by atoms with van der Waals surface area (Å²) in [5, 5.41) is 25.1. The van der Waals surface area contributed by atoms with Crippen molar-refractivity contribution in [2.45, 2.75) is 63.7 Å². The van der Waals surface area contributed by atoms with Crippen LogP contribution in [-0.2, 0) is 16.0 Å². The highest BCUT2D eigenvalue weighted by Gasteiger charge is 2.27. The summed E-state index contributed by atoms with van der Waals surface area (Å²) in [6.07, 6.45) is 3.97. The minimum Gasteiger partial charge on any atom is -0.480 e. The Kier molecular flexibility index (Phi) is 17.5. The number of nitrogens with two attached hydrogens (primary N) is 1. The van der Waals surface area contributed by atoms with Crippen LogP contribution in [0.25, 0.3) is 0 Å². The number of carboxylic acids is 2. The van der Waals surface area contributed by atoms with Crippen molar-refractivity contribution in [2.24, 2.45) is 10.7 Å². The van der Waals surface area contributed by atoms with Crippen molar-refractivity contribution in [1.29, 1.82) is 0 Å². The minimum atomic E-state index is -1.38. The van der Waals surface area contributed by atoms with Crippen molar-refractivity contribution in [3.8, 4) is 0 Å². The van der Waals surface area contributed by atoms with E-state index in [1.807, 2.05) is 123 Å². The maximum atomic E-state index is 14.2. The van der Waals surface area contributed by atoms with Gasteiger partial charge in [-0.3, -0.25) is 24.2 Å². The lowest BCUT2D eigenvalue weighted by molar-refractivity contribution is -0.140. The van der Waals surface area contributed by atoms with Crippen LogP contribution in [0.3, 0.4) is 0 Å². The third kappa shape index (κ3) is 12.7. The molecule has 6 aromatic rings. The molecule has 15 nitrogen and oxygen atoms in total. The number of aliphatic imine (C=N–C) groups is 1. The molecule has 0 aliphatic carbocycles. The standard InChI is InChI=1S/C53H57N7O8/c1-3-58(4-2)31-17-28-43(52(65)66)56-48(61)41-27-16-33-60(51(41)64)47(39-23-12-7-13-24-39)40-25-14-18-36(34-40)35-45(54)55-30-29-44(53(67)68)57-49(62)42-26-15-32-59(50(42)63)46(37-19-8-5-9-20-37)38-21-10-6-11-22-38/h5-16,18-27,32-34,43-44,46-47H,3-4,17,28-31,35H2,1-2H3,(H2,54,55)(H,56,61)(H,57,62)(H,65,66)(H,67,68)/t43-,44-,47?/m0/s1. The number of pyridine rings is 2. The Bertz CT molecular complexity index is 2770. The summed E-state index contributed by atoms with van der Waals surface area (Å²) in [5.41, 5.74) is 8.59. The third-order valence-electron chi connectivity index (χ3n) is 11.8. The topological polar surface area (TPSA) is 218 Å². The Morgan fingerprint density at radius 3 is 1.50 bits per heavy atom. The number of carboxylic acid groups (broad SMARTS) is 2. The zero-order valence-electron chi connectivity index (χ0n) is 38.1. The van der Waals surface area contributed by atoms with Crippen LogP contribution in [0.4, 0.5) is 0 Å². The molecule has 2 amide bonds. The second-order valence-electron chi connectivity index (χ2n) is 16.3. The summed E-state index contributed by atoms with van der Waals surface area (Å²) in [6, 6.07) is 37.5. The summed E-state index contributed by atoms with van der Waals surface area (Å²) in [7, 11) is 0. The first-order valence-electron chi connectivity index (χ1n) is 22.6. The van der Waals surface area contributed by atoms with Gasteiger partial charge >= 0.3 is 11.9 Å². The highest BCUT2D eigenvalue weighted by Crippen LogP contribution is 2.28. The van der Waals surface area contributed by atoms with Gasteiger partial charge in [0.15, 0.2) is 0 Å². The fourth-order valence-corrected chi connectivity index (χ4v) is 8.23. The smallest absolute Gasteiger partial charge is 0.326 e. The van der Waals surface area contributed by atoms with Gasteiger partial charge in [-0.1, -0.05) is 129 Å². The zero-order valence-corrected chi connectivity index (χ0v) is 38.1. The van der Waals surface area contributed by atoms with Crippen LogP contribution in [0.2, 0.25) is 0 Å². The fraction of sp³-hybridized carbons (Fsp3) is 0.264. The Labute approximate surface area is 394 Å². The molecule has 6 N–H and O–H groups in total. The molecule has 68 heavy (non-hydrogen) atoms. The van der Waals surface area contributed by atoms with E-state index in [1.54, 1.807) is 30.6 Å². The average molecular weight is 920 g/mol. The lowest BCUT2D eigenvalue weighted by Gasteiger charge is -2.23. The van der Waals surface area contributed by atoms with E-state index >= 15 is 0 Å². The van der Waals surface area contributed by atoms with Crippen molar-refractivity contribution >= 4 is 29.6 Å². The zero-order chi connectivity index (χ0) is 48.6. The molecule has 0 bridgehead atoms. The molecule has 2 aromatic heterocycles. The van der Waals surface area contributed by atoms with Gasteiger partial charge in [0.05, 0.1) is 17.9 Å². The predicted octanol–water partition coefficient (Wildman–Crippen LogP) is 5.76. The van der Waals surface area contributed by atoms with Gasteiger partial charge in [-0.2, -0.15) is 0 Å². The number of carbonyl (C=O) groups is 4. The van der Waals surface area contributed by atoms with Gasteiger partial charge in [0.2, 0.25) is 0 Å². The van der Waals surface area contributed by atoms with Crippen LogP contribution in [0, 0.1) is 0 Å². The van der Waals surface area contributed by atoms with Gasteiger partial charge in [0.1, 0.15) is 23.2 Å². The number of nitrogens with zero attached hydrogens (tertiary/aromatic N) is 4. The molecular weight excluding hydrogens is 863 g/mol. The van der Waals surface area contributed by atoms with E-state index in [0.717, 1.165) is 35.3 Å². The quantitative estimate of drug-likeness (QED) is 0.0387. The first-order valence-corrected chi connectivity index (χ1v) is 22.6. The number of rotatable bonds is 23. The van der Waals surface area contributed by atoms with Gasteiger partial charge in [0, 0.05) is 25.4 Å². The molecule has 0 saturated heterocycles. The van der Waals surface area contributed by atoms with Gasteiger partial charge in [-0.15, -0.1) is 0 Å². The third-order valence-corrected chi connectivity index (χ3v) is 11.8. The highest BCUT2D eigenvalue weighted by molar-refractivity contribution is 5.97. The van der Waals surface area contributed by atoms with E-state index in [4.69, 9.17) is 5.73 Å². The van der Waals surface area contributed by atoms with Crippen LogP contribution in [0.15, 0.2) is 167 Å². The second-order valence-corrected chi connectivity index (χ2v) is 16.3. The molecule has 0 saturated carbocycles. The van der Waals surface area contributed by atoms with Crippen molar-refractivity contribution in [3.63, 3.8) is 0 Å². The molecule has 6 rings (SSSR count). The lowest BCUT2D eigenvalue weighted by Crippen LogP contribution is -2.44. The summed E-state index contributed by atoms with van der Waals surface area (Å²) >= 11 is 0. The van der Waals surface area contributed by atoms with Crippen LogP contribution >= 0.6 is 0 Å². The monoisotopic (exact) mass is 919 g/mol. The maximum Gasteiger partial charge on any atom is 0.326 e. The number of hydrogen-bond donors (Lipinski definition) is 5. The molecule has 4 aromatic carbocycles. The molecule has 0 aliphatic rings. The first kappa shape index (κ1) is 49.5. The van der Waals surface area contributed by atoms with E-state index in [0.29, 0.717) is 18.5 Å². The number of benzene rings is 4. The van der Waals surface area contributed by atoms with E-state index in [2.05, 4.69) is 20.5 Å². The Morgan fingerprint density at radius 1 is 0.603 bits per heavy atom. The molecule has 15 heteroatoms. The lowest BCUT2D eigenvalue weighted by atomic mass is 9.95. The molecule has 3 atom stereocenters. The number of aromatic nitrogens is 2. The van der Waals surface area contributed by atoms with Gasteiger partial charge in [-0.05, 0) is 91.0 Å². The van der Waals surface area contributed by atoms with Gasteiger partial charge in [-0.25, -0.2) is 9.59 Å². The van der Waals surface area contributed by atoms with Crippen molar-refractivity contribution in [3.05, 3.63) is 212 Å². The normalized spacial score (nSPS) is 12.9. The SMILES string of the molecule is CCN(CC)CCC[C@H](NC(=O)c1cccn(C(c2ccccc2)c2cccc(CC(N)=NCC[C@H](NC(=O)c3cccn(C(c4ccccc4)c4ccccc4)c3=O)C(=O)O)c2)c1=O)C(=O)O. The summed E-state index contributed by atoms with van der Waals surface area (Å²) in [6.45, 7) is 6.32. The van der Waals surface area contributed by atoms with Crippen LogP contribution in [0.1, 0.15) is 93.7 Å². The fourth-order valence-electron chi connectivity index (χ4n) is 8.23. The Balaban J connectivity index is 1.16. The highest BCUT2D eigenvalue weighted by atomic mass is 16.4. The van der Waals surface area contributed by atoms with E-state index in [-0.39, 0.29) is 42.8 Å². The van der Waals surface area contributed by atoms with Gasteiger partial charge < -0.3 is 40.6 Å². The Hall–Kier alpha value is -7.91. The summed E-state index contributed by atoms with van der Waals surface area (Å²) < 4.78 is 2.90. The largest absolute Gasteiger partial charge is 0.480 e. The molecule has 0 aliphatic heterocycles. The molecule has 2 heterocycles. The molecule has 0 spiro atoms. The minimum absolute atomic E-state index is 0.0541. The Morgan fingerprint density at radius 2 is 1.04 bits per heavy atom. The molecule has 1 unspecified atom stereocenters. The number of amidine groups is 1. The van der Waals surface area contributed by atoms with E-state index in [1.165, 1.54) is 21.3 Å². The van der Waals surface area contributed by atoms with Crippen LogP contribution in [0.5, 0.6) is 0 Å². The number of hydrogen-bond acceptors (Lipinski definition) is 8. The van der Waals surface area contributed by atoms with Gasteiger partial charge in [0.25, 0.3) is 22.9 Å². The first-order chi connectivity index (χ1) is 32.9. The van der Waals surface area contributed by atoms with E-state index in [9.17, 15) is 39.0 Å². The van der Waals surface area contributed by atoms with Crippen LogP contribution < -0.4 is 27.5 Å². The van der Waals surface area contributed by atoms with Crippen molar-refractivity contribution in [2.75, 3.05) is 26.2 Å².